The van der Waals surface area contributed by atoms with Crippen LogP contribution in [-0.4, -0.2) is 15.0 Å². The summed E-state index contributed by atoms with van der Waals surface area (Å²) in [5.41, 5.74) is 1.99. The maximum Gasteiger partial charge on any atom is 0.163 e. The van der Waals surface area contributed by atoms with E-state index in [-0.39, 0.29) is 0 Å². The number of hydrogen-bond donors (Lipinski definition) is 0. The molecule has 0 spiro atoms. The van der Waals surface area contributed by atoms with Gasteiger partial charge in [-0.1, -0.05) is 70.5 Å². The Bertz CT molecular complexity index is 984. The lowest BCUT2D eigenvalue weighted by Gasteiger charge is -2.08. The lowest BCUT2D eigenvalue weighted by Crippen LogP contribution is -1.95. The Labute approximate surface area is 142 Å². The predicted octanol–water partition coefficient (Wildman–Crippen LogP) is 5.12. The van der Waals surface area contributed by atoms with E-state index in [1.54, 1.807) is 6.33 Å². The Morgan fingerprint density at radius 1 is 0.652 bits per heavy atom. The monoisotopic (exact) mass is 361 g/mol. The first-order valence-electron chi connectivity index (χ1n) is 7.25. The van der Waals surface area contributed by atoms with Crippen LogP contribution >= 0.6 is 15.9 Å². The van der Waals surface area contributed by atoms with Gasteiger partial charge in [0.25, 0.3) is 0 Å². The van der Waals surface area contributed by atoms with Crippen LogP contribution in [0.2, 0.25) is 0 Å². The van der Waals surface area contributed by atoms with Crippen LogP contribution in [0.25, 0.3) is 33.5 Å². The van der Waals surface area contributed by atoms with Crippen LogP contribution in [0.5, 0.6) is 0 Å². The summed E-state index contributed by atoms with van der Waals surface area (Å²) in [5, 5.41) is 2.26. The van der Waals surface area contributed by atoms with E-state index in [1.165, 1.54) is 0 Å². The van der Waals surface area contributed by atoms with E-state index in [2.05, 4.69) is 43.0 Å². The number of hydrogen-bond acceptors (Lipinski definition) is 3. The van der Waals surface area contributed by atoms with Crippen LogP contribution in [0.1, 0.15) is 0 Å². The van der Waals surface area contributed by atoms with E-state index >= 15 is 0 Å². The zero-order chi connectivity index (χ0) is 15.6. The first-order chi connectivity index (χ1) is 11.3. The molecule has 1 heterocycles. The maximum atomic E-state index is 4.66. The third-order valence-electron chi connectivity index (χ3n) is 3.72. The molecule has 0 saturated carbocycles. The Balaban J connectivity index is 1.91. The van der Waals surface area contributed by atoms with Gasteiger partial charge in [-0.3, -0.25) is 0 Å². The standard InChI is InChI=1S/C19H12BrN3/c20-17-11-10-16(14-8-4-5-9-15(14)17)19-22-12-21-18(23-19)13-6-2-1-3-7-13/h1-12H. The number of rotatable bonds is 2. The first kappa shape index (κ1) is 14.0. The van der Waals surface area contributed by atoms with Crippen LogP contribution in [-0.2, 0) is 0 Å². The maximum absolute atomic E-state index is 4.66. The van der Waals surface area contributed by atoms with Gasteiger partial charge < -0.3 is 0 Å². The van der Waals surface area contributed by atoms with E-state index in [0.29, 0.717) is 11.6 Å². The van der Waals surface area contributed by atoms with Crippen molar-refractivity contribution in [3.8, 4) is 22.8 Å². The molecular formula is C19H12BrN3. The Kier molecular flexibility index (Phi) is 3.60. The SMILES string of the molecule is Brc1ccc(-c2ncnc(-c3ccccc3)n2)c2ccccc12. The molecule has 1 aromatic heterocycles. The number of nitrogens with zero attached hydrogens (tertiary/aromatic N) is 3. The summed E-state index contributed by atoms with van der Waals surface area (Å²) in [6.45, 7) is 0. The zero-order valence-corrected chi connectivity index (χ0v) is 13.7. The summed E-state index contributed by atoms with van der Waals surface area (Å²) in [6, 6.07) is 22.2. The normalized spacial score (nSPS) is 10.8. The summed E-state index contributed by atoms with van der Waals surface area (Å²) in [4.78, 5) is 13.3. The second kappa shape index (κ2) is 5.89. The molecule has 0 amide bonds. The van der Waals surface area contributed by atoms with Gasteiger partial charge in [-0.25, -0.2) is 15.0 Å². The van der Waals surface area contributed by atoms with E-state index < -0.39 is 0 Å². The largest absolute Gasteiger partial charge is 0.217 e. The Morgan fingerprint density at radius 2 is 1.35 bits per heavy atom. The van der Waals surface area contributed by atoms with E-state index in [4.69, 9.17) is 0 Å². The average molecular weight is 362 g/mol. The highest BCUT2D eigenvalue weighted by atomic mass is 79.9. The van der Waals surface area contributed by atoms with Crippen molar-refractivity contribution in [1.82, 2.24) is 15.0 Å². The lowest BCUT2D eigenvalue weighted by atomic mass is 10.0. The van der Waals surface area contributed by atoms with E-state index in [0.717, 1.165) is 26.4 Å². The van der Waals surface area contributed by atoms with Crippen LogP contribution in [0.3, 0.4) is 0 Å². The molecule has 0 aliphatic rings. The molecule has 0 fully saturated rings. The molecule has 23 heavy (non-hydrogen) atoms. The third kappa shape index (κ3) is 2.62. The zero-order valence-electron chi connectivity index (χ0n) is 12.1. The van der Waals surface area contributed by atoms with Gasteiger partial charge in [-0.05, 0) is 22.9 Å². The van der Waals surface area contributed by atoms with Crippen LogP contribution in [0.15, 0.2) is 77.5 Å². The summed E-state index contributed by atoms with van der Waals surface area (Å²) < 4.78 is 1.06. The molecule has 0 saturated heterocycles. The second-order valence-corrected chi connectivity index (χ2v) is 5.99. The highest BCUT2D eigenvalue weighted by Crippen LogP contribution is 2.31. The number of fused-ring (bicyclic) bond motifs is 1. The lowest BCUT2D eigenvalue weighted by molar-refractivity contribution is 1.07. The predicted molar refractivity (Wildman–Crippen MR) is 95.9 cm³/mol. The minimum Gasteiger partial charge on any atom is -0.217 e. The summed E-state index contributed by atoms with van der Waals surface area (Å²) in [6.07, 6.45) is 1.57. The molecule has 0 bridgehead atoms. The van der Waals surface area contributed by atoms with Crippen molar-refractivity contribution < 1.29 is 0 Å². The minimum atomic E-state index is 0.683. The van der Waals surface area contributed by atoms with Crippen LogP contribution in [0, 0.1) is 0 Å². The van der Waals surface area contributed by atoms with E-state index in [9.17, 15) is 0 Å². The fourth-order valence-electron chi connectivity index (χ4n) is 2.61. The highest BCUT2D eigenvalue weighted by Gasteiger charge is 2.10. The van der Waals surface area contributed by atoms with Gasteiger partial charge in [-0.15, -0.1) is 0 Å². The molecule has 3 aromatic carbocycles. The molecule has 4 heteroatoms. The van der Waals surface area contributed by atoms with Gasteiger partial charge in [0.15, 0.2) is 11.6 Å². The van der Waals surface area contributed by atoms with Crippen molar-refractivity contribution in [2.45, 2.75) is 0 Å². The fraction of sp³-hybridized carbons (Fsp3) is 0. The molecule has 0 N–H and O–H groups in total. The third-order valence-corrected chi connectivity index (χ3v) is 4.41. The van der Waals surface area contributed by atoms with Crippen molar-refractivity contribution in [3.05, 3.63) is 77.5 Å². The minimum absolute atomic E-state index is 0.683. The molecule has 0 aliphatic carbocycles. The van der Waals surface area contributed by atoms with Crippen molar-refractivity contribution >= 4 is 26.7 Å². The molecule has 4 rings (SSSR count). The Morgan fingerprint density at radius 3 is 2.17 bits per heavy atom. The van der Waals surface area contributed by atoms with Gasteiger partial charge in [0, 0.05) is 15.6 Å². The molecule has 4 aromatic rings. The van der Waals surface area contributed by atoms with Crippen LogP contribution in [0.4, 0.5) is 0 Å². The van der Waals surface area contributed by atoms with Crippen molar-refractivity contribution in [1.29, 1.82) is 0 Å². The smallest absolute Gasteiger partial charge is 0.163 e. The highest BCUT2D eigenvalue weighted by molar-refractivity contribution is 9.10. The van der Waals surface area contributed by atoms with Gasteiger partial charge in [-0.2, -0.15) is 0 Å². The first-order valence-corrected chi connectivity index (χ1v) is 8.04. The average Bonchev–Trinajstić information content (AvgIpc) is 2.63. The molecule has 0 aliphatic heterocycles. The quantitative estimate of drug-likeness (QED) is 0.497. The van der Waals surface area contributed by atoms with Crippen molar-refractivity contribution in [2.75, 3.05) is 0 Å². The van der Waals surface area contributed by atoms with Gasteiger partial charge in [0.2, 0.25) is 0 Å². The van der Waals surface area contributed by atoms with Gasteiger partial charge in [0.05, 0.1) is 0 Å². The number of aromatic nitrogens is 3. The second-order valence-electron chi connectivity index (χ2n) is 5.14. The summed E-state index contributed by atoms with van der Waals surface area (Å²) in [5.74, 6) is 1.37. The van der Waals surface area contributed by atoms with Crippen molar-refractivity contribution in [2.24, 2.45) is 0 Å². The van der Waals surface area contributed by atoms with Crippen molar-refractivity contribution in [3.63, 3.8) is 0 Å². The number of halogens is 1. The molecule has 110 valence electrons. The molecule has 0 atom stereocenters. The topological polar surface area (TPSA) is 38.7 Å². The van der Waals surface area contributed by atoms with Crippen LogP contribution < -0.4 is 0 Å². The summed E-state index contributed by atoms with van der Waals surface area (Å²) >= 11 is 3.60. The van der Waals surface area contributed by atoms with E-state index in [1.807, 2.05) is 54.6 Å². The molecule has 0 unspecified atom stereocenters. The van der Waals surface area contributed by atoms with Gasteiger partial charge in [0.1, 0.15) is 6.33 Å². The fourth-order valence-corrected chi connectivity index (χ4v) is 3.09. The Hall–Kier alpha value is -2.59. The molecular weight excluding hydrogens is 350 g/mol. The molecule has 0 radical (unpaired) electrons. The molecule has 3 nitrogen and oxygen atoms in total. The van der Waals surface area contributed by atoms with Gasteiger partial charge >= 0.3 is 0 Å². The summed E-state index contributed by atoms with van der Waals surface area (Å²) in [7, 11) is 0. The number of benzene rings is 3.